The molecule has 1 saturated carbocycles. The molecular formula is C18H16F2N4O2. The van der Waals surface area contributed by atoms with Crippen LogP contribution in [0.3, 0.4) is 0 Å². The molecule has 8 heteroatoms. The van der Waals surface area contributed by atoms with E-state index in [2.05, 4.69) is 15.3 Å². The summed E-state index contributed by atoms with van der Waals surface area (Å²) in [5.74, 6) is -1.50. The zero-order chi connectivity index (χ0) is 18.5. The van der Waals surface area contributed by atoms with Crippen molar-refractivity contribution < 1.29 is 18.4 Å². The zero-order valence-corrected chi connectivity index (χ0v) is 14.0. The van der Waals surface area contributed by atoms with Gasteiger partial charge >= 0.3 is 0 Å². The summed E-state index contributed by atoms with van der Waals surface area (Å²) in [6.45, 7) is 1.80. The van der Waals surface area contributed by atoms with Crippen molar-refractivity contribution in [3.63, 3.8) is 0 Å². The van der Waals surface area contributed by atoms with E-state index in [1.54, 1.807) is 12.1 Å². The first-order chi connectivity index (χ1) is 12.4. The number of carbonyl (C=O) groups is 2. The maximum Gasteiger partial charge on any atom is 0.254 e. The van der Waals surface area contributed by atoms with Crippen molar-refractivity contribution in [2.45, 2.75) is 24.9 Å². The molecule has 2 atom stereocenters. The minimum atomic E-state index is -1.03. The Morgan fingerprint density at radius 1 is 1.38 bits per heavy atom. The van der Waals surface area contributed by atoms with Crippen molar-refractivity contribution in [3.8, 4) is 0 Å². The lowest BCUT2D eigenvalue weighted by molar-refractivity contribution is -0.117. The molecule has 1 spiro atoms. The predicted molar refractivity (Wildman–Crippen MR) is 88.9 cm³/mol. The number of amides is 2. The Morgan fingerprint density at radius 2 is 2.08 bits per heavy atom. The number of aromatic nitrogens is 2. The number of halogens is 2. The molecule has 2 aromatic rings. The Labute approximate surface area is 148 Å². The molecule has 1 aliphatic heterocycles. The number of hydrogen-bond donors (Lipinski definition) is 1. The van der Waals surface area contributed by atoms with Crippen LogP contribution in [-0.2, 0) is 10.2 Å². The highest BCUT2D eigenvalue weighted by atomic mass is 19.1. The number of anilines is 1. The average Bonchev–Trinajstić information content (AvgIpc) is 3.25. The van der Waals surface area contributed by atoms with E-state index >= 15 is 0 Å². The highest BCUT2D eigenvalue weighted by Gasteiger charge is 2.61. The average molecular weight is 358 g/mol. The standard InChI is InChI=1S/C18H16F2N4O2/c1-10-2-3-12-13(4-10)18(5-14(18)20)9-24(16(12)26)8-15(25)23-17-21-6-11(19)7-22-17/h2-4,6-7,14H,5,8-9H2,1H3,(H,21,22,23,25)/t14-,18-/m1/s1. The Hall–Kier alpha value is -2.90. The first-order valence-electron chi connectivity index (χ1n) is 8.21. The number of nitrogens with zero attached hydrogens (tertiary/aromatic N) is 3. The van der Waals surface area contributed by atoms with Gasteiger partial charge in [0.1, 0.15) is 12.7 Å². The van der Waals surface area contributed by atoms with E-state index in [0.29, 0.717) is 12.0 Å². The molecule has 0 radical (unpaired) electrons. The molecule has 26 heavy (non-hydrogen) atoms. The summed E-state index contributed by atoms with van der Waals surface area (Å²) >= 11 is 0. The van der Waals surface area contributed by atoms with E-state index in [1.165, 1.54) is 4.90 Å². The molecule has 0 unspecified atom stereocenters. The van der Waals surface area contributed by atoms with E-state index in [0.717, 1.165) is 23.5 Å². The Kier molecular flexibility index (Phi) is 3.71. The fourth-order valence-corrected chi connectivity index (χ4v) is 3.47. The highest BCUT2D eigenvalue weighted by Crippen LogP contribution is 2.54. The molecule has 2 heterocycles. The molecule has 2 amide bonds. The van der Waals surface area contributed by atoms with E-state index in [-0.39, 0.29) is 24.9 Å². The number of carbonyl (C=O) groups excluding carboxylic acids is 2. The van der Waals surface area contributed by atoms with Gasteiger partial charge in [0.2, 0.25) is 11.9 Å². The molecule has 0 saturated heterocycles. The van der Waals surface area contributed by atoms with Crippen LogP contribution in [0.1, 0.15) is 27.9 Å². The molecule has 2 aliphatic rings. The van der Waals surface area contributed by atoms with Gasteiger partial charge in [-0.25, -0.2) is 18.7 Å². The van der Waals surface area contributed by atoms with Crippen LogP contribution in [0, 0.1) is 12.7 Å². The lowest BCUT2D eigenvalue weighted by atomic mass is 9.85. The quantitative estimate of drug-likeness (QED) is 0.911. The third-order valence-electron chi connectivity index (χ3n) is 4.89. The van der Waals surface area contributed by atoms with Crippen LogP contribution >= 0.6 is 0 Å². The van der Waals surface area contributed by atoms with Gasteiger partial charge in [-0.3, -0.25) is 14.9 Å². The van der Waals surface area contributed by atoms with E-state index in [4.69, 9.17) is 0 Å². The number of hydrogen-bond acceptors (Lipinski definition) is 4. The van der Waals surface area contributed by atoms with Gasteiger partial charge in [0.05, 0.1) is 12.4 Å². The normalized spacial score (nSPS) is 23.7. The van der Waals surface area contributed by atoms with E-state index < -0.39 is 23.3 Å². The van der Waals surface area contributed by atoms with Crippen LogP contribution in [0.15, 0.2) is 30.6 Å². The van der Waals surface area contributed by atoms with Crippen LogP contribution in [0.2, 0.25) is 0 Å². The van der Waals surface area contributed by atoms with Gasteiger partial charge < -0.3 is 4.90 Å². The molecule has 1 N–H and O–H groups in total. The number of aryl methyl sites for hydroxylation is 1. The number of nitrogens with one attached hydrogen (secondary N) is 1. The molecule has 1 aromatic carbocycles. The Bertz CT molecular complexity index is 903. The van der Waals surface area contributed by atoms with Gasteiger partial charge in [0.25, 0.3) is 5.91 Å². The minimum absolute atomic E-state index is 0.0543. The van der Waals surface area contributed by atoms with Crippen LogP contribution in [0.25, 0.3) is 0 Å². The third-order valence-corrected chi connectivity index (χ3v) is 4.89. The second kappa shape index (κ2) is 5.82. The van der Waals surface area contributed by atoms with Crippen molar-refractivity contribution >= 4 is 17.8 Å². The molecule has 4 rings (SSSR count). The molecule has 6 nitrogen and oxygen atoms in total. The molecule has 0 bridgehead atoms. The lowest BCUT2D eigenvalue weighted by Gasteiger charge is -2.34. The first kappa shape index (κ1) is 16.6. The van der Waals surface area contributed by atoms with Crippen LogP contribution in [-0.4, -0.2) is 45.9 Å². The Morgan fingerprint density at radius 3 is 2.73 bits per heavy atom. The van der Waals surface area contributed by atoms with Crippen molar-refractivity contribution in [1.29, 1.82) is 0 Å². The van der Waals surface area contributed by atoms with Crippen LogP contribution in [0.5, 0.6) is 0 Å². The van der Waals surface area contributed by atoms with Gasteiger partial charge in [0.15, 0.2) is 5.82 Å². The Balaban J connectivity index is 1.54. The smallest absolute Gasteiger partial charge is 0.254 e. The second-order valence-corrected chi connectivity index (χ2v) is 6.81. The summed E-state index contributed by atoms with van der Waals surface area (Å²) in [6.07, 6.45) is 1.18. The number of fused-ring (bicyclic) bond motifs is 2. The summed E-state index contributed by atoms with van der Waals surface area (Å²) in [6, 6.07) is 5.35. The van der Waals surface area contributed by atoms with Crippen molar-refractivity contribution in [1.82, 2.24) is 14.9 Å². The van der Waals surface area contributed by atoms with Gasteiger partial charge in [-0.05, 0) is 25.0 Å². The second-order valence-electron chi connectivity index (χ2n) is 6.81. The third kappa shape index (κ3) is 2.71. The maximum absolute atomic E-state index is 14.2. The summed E-state index contributed by atoms with van der Waals surface area (Å²) in [5, 5.41) is 2.41. The number of rotatable bonds is 3. The van der Waals surface area contributed by atoms with Crippen LogP contribution < -0.4 is 5.32 Å². The largest absolute Gasteiger partial charge is 0.328 e. The van der Waals surface area contributed by atoms with E-state index in [1.807, 2.05) is 13.0 Å². The summed E-state index contributed by atoms with van der Waals surface area (Å²) < 4.78 is 27.0. The number of alkyl halides is 1. The minimum Gasteiger partial charge on any atom is -0.328 e. The van der Waals surface area contributed by atoms with Gasteiger partial charge in [-0.1, -0.05) is 17.7 Å². The summed E-state index contributed by atoms with van der Waals surface area (Å²) in [4.78, 5) is 33.6. The van der Waals surface area contributed by atoms with Crippen LogP contribution in [0.4, 0.5) is 14.7 Å². The molecule has 1 fully saturated rings. The first-order valence-corrected chi connectivity index (χ1v) is 8.21. The predicted octanol–water partition coefficient (Wildman–Crippen LogP) is 2.00. The highest BCUT2D eigenvalue weighted by molar-refractivity contribution is 6.01. The molecule has 134 valence electrons. The summed E-state index contributed by atoms with van der Waals surface area (Å²) in [7, 11) is 0. The van der Waals surface area contributed by atoms with Gasteiger partial charge in [-0.2, -0.15) is 0 Å². The van der Waals surface area contributed by atoms with E-state index in [9.17, 15) is 18.4 Å². The fraction of sp³-hybridized carbons (Fsp3) is 0.333. The molecular weight excluding hydrogens is 342 g/mol. The van der Waals surface area contributed by atoms with Crippen molar-refractivity contribution in [3.05, 3.63) is 53.1 Å². The lowest BCUT2D eigenvalue weighted by Crippen LogP contribution is -2.47. The molecule has 1 aliphatic carbocycles. The van der Waals surface area contributed by atoms with Gasteiger partial charge in [0, 0.05) is 17.5 Å². The zero-order valence-electron chi connectivity index (χ0n) is 14.0. The molecule has 1 aromatic heterocycles. The monoisotopic (exact) mass is 358 g/mol. The van der Waals surface area contributed by atoms with Crippen molar-refractivity contribution in [2.75, 3.05) is 18.4 Å². The van der Waals surface area contributed by atoms with Crippen molar-refractivity contribution in [2.24, 2.45) is 0 Å². The summed E-state index contributed by atoms with van der Waals surface area (Å²) in [5.41, 5.74) is 1.41. The maximum atomic E-state index is 14.2. The van der Waals surface area contributed by atoms with Gasteiger partial charge in [-0.15, -0.1) is 0 Å². The number of benzene rings is 1. The fourth-order valence-electron chi connectivity index (χ4n) is 3.47. The SMILES string of the molecule is Cc1ccc2c(c1)[C@@]1(C[C@H]1F)CN(CC(=O)Nc1ncc(F)cn1)C2=O. The topological polar surface area (TPSA) is 75.2 Å².